The zero-order valence-electron chi connectivity index (χ0n) is 14.6. The van der Waals surface area contributed by atoms with Gasteiger partial charge in [-0.2, -0.15) is 5.26 Å². The Morgan fingerprint density at radius 2 is 1.60 bits per heavy atom. The van der Waals surface area contributed by atoms with Crippen LogP contribution >= 0.6 is 0 Å². The number of nitrogens with zero attached hydrogens (tertiary/aromatic N) is 1. The minimum absolute atomic E-state index is 0.307. The zero-order valence-corrected chi connectivity index (χ0v) is 14.6. The van der Waals surface area contributed by atoms with Gasteiger partial charge in [0.15, 0.2) is 11.5 Å². The van der Waals surface area contributed by atoms with E-state index in [0.29, 0.717) is 28.4 Å². The lowest BCUT2D eigenvalue weighted by Crippen LogP contribution is -2.27. The predicted octanol–water partition coefficient (Wildman–Crippen LogP) is 3.02. The third-order valence-corrected chi connectivity index (χ3v) is 3.74. The van der Waals surface area contributed by atoms with E-state index in [1.165, 1.54) is 21.3 Å². The number of amides is 1. The van der Waals surface area contributed by atoms with Crippen LogP contribution in [0.25, 0.3) is 0 Å². The summed E-state index contributed by atoms with van der Waals surface area (Å²) in [5, 5.41) is 12.1. The third kappa shape index (κ3) is 4.01. The van der Waals surface area contributed by atoms with Crippen LogP contribution in [0.2, 0.25) is 0 Å². The SMILES string of the molecule is COc1cc(C(=O)NC(C#N)c2ccc(C)cc2)cc(OC)c1OC. The topological polar surface area (TPSA) is 80.6 Å². The van der Waals surface area contributed by atoms with E-state index in [2.05, 4.69) is 11.4 Å². The quantitative estimate of drug-likeness (QED) is 0.874. The second kappa shape index (κ2) is 8.06. The lowest BCUT2D eigenvalue weighted by molar-refractivity contribution is 0.0944. The number of aryl methyl sites for hydroxylation is 1. The first-order chi connectivity index (χ1) is 12.0. The molecule has 2 aromatic carbocycles. The van der Waals surface area contributed by atoms with E-state index >= 15 is 0 Å². The van der Waals surface area contributed by atoms with Gasteiger partial charge in [-0.1, -0.05) is 29.8 Å². The average Bonchev–Trinajstić information content (AvgIpc) is 2.65. The Labute approximate surface area is 146 Å². The van der Waals surface area contributed by atoms with Crippen molar-refractivity contribution in [3.05, 3.63) is 53.1 Å². The summed E-state index contributed by atoms with van der Waals surface area (Å²) in [6.07, 6.45) is 0. The van der Waals surface area contributed by atoms with E-state index in [-0.39, 0.29) is 0 Å². The molecule has 1 unspecified atom stereocenters. The minimum atomic E-state index is -0.757. The van der Waals surface area contributed by atoms with Gasteiger partial charge in [0.2, 0.25) is 5.75 Å². The average molecular weight is 340 g/mol. The summed E-state index contributed by atoms with van der Waals surface area (Å²) in [7, 11) is 4.44. The molecular weight excluding hydrogens is 320 g/mol. The van der Waals surface area contributed by atoms with Gasteiger partial charge in [0.25, 0.3) is 5.91 Å². The monoisotopic (exact) mass is 340 g/mol. The first kappa shape index (κ1) is 18.1. The molecule has 6 nitrogen and oxygen atoms in total. The van der Waals surface area contributed by atoms with Crippen molar-refractivity contribution in [2.24, 2.45) is 0 Å². The van der Waals surface area contributed by atoms with Crippen LogP contribution in [0, 0.1) is 18.3 Å². The number of ether oxygens (including phenoxy) is 3. The van der Waals surface area contributed by atoms with Gasteiger partial charge in [0.1, 0.15) is 6.04 Å². The van der Waals surface area contributed by atoms with E-state index in [9.17, 15) is 10.1 Å². The smallest absolute Gasteiger partial charge is 0.252 e. The summed E-state index contributed by atoms with van der Waals surface area (Å²) in [4.78, 5) is 12.6. The number of benzene rings is 2. The fraction of sp³-hybridized carbons (Fsp3) is 0.263. The summed E-state index contributed by atoms with van der Waals surface area (Å²) in [6, 6.07) is 11.9. The van der Waals surface area contributed by atoms with Crippen LogP contribution in [0.5, 0.6) is 17.2 Å². The number of rotatable bonds is 6. The van der Waals surface area contributed by atoms with E-state index in [1.54, 1.807) is 12.1 Å². The van der Waals surface area contributed by atoms with Crippen molar-refractivity contribution in [1.82, 2.24) is 5.32 Å². The van der Waals surface area contributed by atoms with E-state index in [4.69, 9.17) is 14.2 Å². The molecular formula is C19H20N2O4. The molecule has 0 saturated carbocycles. The van der Waals surface area contributed by atoms with Crippen molar-refractivity contribution in [2.75, 3.05) is 21.3 Å². The molecule has 1 N–H and O–H groups in total. The second-order valence-electron chi connectivity index (χ2n) is 5.36. The number of methoxy groups -OCH3 is 3. The zero-order chi connectivity index (χ0) is 18.4. The molecule has 25 heavy (non-hydrogen) atoms. The van der Waals surface area contributed by atoms with Crippen molar-refractivity contribution in [2.45, 2.75) is 13.0 Å². The molecule has 0 spiro atoms. The van der Waals surface area contributed by atoms with Crippen LogP contribution in [0.4, 0.5) is 0 Å². The highest BCUT2D eigenvalue weighted by atomic mass is 16.5. The molecule has 0 aliphatic heterocycles. The largest absolute Gasteiger partial charge is 0.493 e. The molecule has 130 valence electrons. The molecule has 6 heteroatoms. The molecule has 0 radical (unpaired) electrons. The minimum Gasteiger partial charge on any atom is -0.493 e. The predicted molar refractivity (Wildman–Crippen MR) is 93.1 cm³/mol. The van der Waals surface area contributed by atoms with Crippen molar-refractivity contribution >= 4 is 5.91 Å². The Morgan fingerprint density at radius 3 is 2.04 bits per heavy atom. The van der Waals surface area contributed by atoms with E-state index in [0.717, 1.165) is 5.56 Å². The van der Waals surface area contributed by atoms with Crippen molar-refractivity contribution in [1.29, 1.82) is 5.26 Å². The molecule has 0 fully saturated rings. The molecule has 0 heterocycles. The number of nitriles is 1. The number of hydrogen-bond donors (Lipinski definition) is 1. The van der Waals surface area contributed by atoms with Gasteiger partial charge in [-0.3, -0.25) is 4.79 Å². The van der Waals surface area contributed by atoms with Gasteiger partial charge in [-0.15, -0.1) is 0 Å². The van der Waals surface area contributed by atoms with Crippen LogP contribution in [0.1, 0.15) is 27.5 Å². The van der Waals surface area contributed by atoms with Gasteiger partial charge >= 0.3 is 0 Å². The van der Waals surface area contributed by atoms with Crippen LogP contribution in [-0.2, 0) is 0 Å². The van der Waals surface area contributed by atoms with Crippen LogP contribution < -0.4 is 19.5 Å². The van der Waals surface area contributed by atoms with Crippen LogP contribution in [0.15, 0.2) is 36.4 Å². The molecule has 0 aromatic heterocycles. The van der Waals surface area contributed by atoms with Gasteiger partial charge in [0, 0.05) is 5.56 Å². The summed E-state index contributed by atoms with van der Waals surface area (Å²) < 4.78 is 15.7. The number of carbonyl (C=O) groups excluding carboxylic acids is 1. The molecule has 2 aromatic rings. The summed E-state index contributed by atoms with van der Waals surface area (Å²) in [5.41, 5.74) is 2.10. The number of nitrogens with one attached hydrogen (secondary N) is 1. The van der Waals surface area contributed by atoms with Gasteiger partial charge < -0.3 is 19.5 Å². The summed E-state index contributed by atoms with van der Waals surface area (Å²) in [6.45, 7) is 1.96. The molecule has 1 amide bonds. The molecule has 0 aliphatic rings. The van der Waals surface area contributed by atoms with Gasteiger partial charge in [0.05, 0.1) is 27.4 Å². The molecule has 0 saturated heterocycles. The molecule has 1 atom stereocenters. The lowest BCUT2D eigenvalue weighted by Gasteiger charge is -2.16. The summed E-state index contributed by atoms with van der Waals surface area (Å²) in [5.74, 6) is 0.731. The maximum Gasteiger partial charge on any atom is 0.252 e. The second-order valence-corrected chi connectivity index (χ2v) is 5.36. The maximum absolute atomic E-state index is 12.6. The van der Waals surface area contributed by atoms with E-state index < -0.39 is 11.9 Å². The van der Waals surface area contributed by atoms with Gasteiger partial charge in [-0.05, 0) is 24.6 Å². The molecule has 0 aliphatic carbocycles. The van der Waals surface area contributed by atoms with Gasteiger partial charge in [-0.25, -0.2) is 0 Å². The lowest BCUT2D eigenvalue weighted by atomic mass is 10.1. The van der Waals surface area contributed by atoms with E-state index in [1.807, 2.05) is 31.2 Å². The molecule has 0 bridgehead atoms. The number of hydrogen-bond acceptors (Lipinski definition) is 5. The highest BCUT2D eigenvalue weighted by molar-refractivity contribution is 5.96. The Bertz CT molecular complexity index is 769. The molecule has 2 rings (SSSR count). The first-order valence-electron chi connectivity index (χ1n) is 7.61. The van der Waals surface area contributed by atoms with Crippen molar-refractivity contribution < 1.29 is 19.0 Å². The van der Waals surface area contributed by atoms with Crippen LogP contribution in [-0.4, -0.2) is 27.2 Å². The highest BCUT2D eigenvalue weighted by Crippen LogP contribution is 2.38. The third-order valence-electron chi connectivity index (χ3n) is 3.74. The van der Waals surface area contributed by atoms with Crippen molar-refractivity contribution in [3.63, 3.8) is 0 Å². The normalized spacial score (nSPS) is 11.2. The fourth-order valence-corrected chi connectivity index (χ4v) is 2.38. The Balaban J connectivity index is 2.30. The Hall–Kier alpha value is -3.20. The Kier molecular flexibility index (Phi) is 5.85. The Morgan fingerprint density at radius 1 is 1.04 bits per heavy atom. The van der Waals surface area contributed by atoms with Crippen molar-refractivity contribution in [3.8, 4) is 23.3 Å². The van der Waals surface area contributed by atoms with Crippen LogP contribution in [0.3, 0.4) is 0 Å². The number of carbonyl (C=O) groups is 1. The highest BCUT2D eigenvalue weighted by Gasteiger charge is 2.20. The summed E-state index contributed by atoms with van der Waals surface area (Å²) >= 11 is 0. The standard InChI is InChI=1S/C19H20N2O4/c1-12-5-7-13(8-6-12)15(11-20)21-19(22)14-9-16(23-2)18(25-4)17(10-14)24-3/h5-10,15H,1-4H3,(H,21,22). The fourth-order valence-electron chi connectivity index (χ4n) is 2.38. The first-order valence-corrected chi connectivity index (χ1v) is 7.61. The maximum atomic E-state index is 12.6.